The van der Waals surface area contributed by atoms with Gasteiger partial charge < -0.3 is 24.5 Å². The third-order valence-corrected chi connectivity index (χ3v) is 6.19. The molecule has 1 N–H and O–H groups in total. The largest absolute Gasteiger partial charge is 0.465 e. The Balaban J connectivity index is 1.66. The average Bonchev–Trinajstić information content (AvgIpc) is 3.24. The predicted molar refractivity (Wildman–Crippen MR) is 121 cm³/mol. The van der Waals surface area contributed by atoms with Gasteiger partial charge in [0.1, 0.15) is 18.0 Å². The van der Waals surface area contributed by atoms with E-state index in [1.165, 1.54) is 11.2 Å². The highest BCUT2D eigenvalue weighted by Crippen LogP contribution is 2.37. The molecule has 0 bridgehead atoms. The Bertz CT molecular complexity index is 1230. The molecule has 2 aliphatic heterocycles. The Labute approximate surface area is 190 Å². The molecule has 170 valence electrons. The fourth-order valence-corrected chi connectivity index (χ4v) is 4.53. The van der Waals surface area contributed by atoms with Crippen molar-refractivity contribution in [2.75, 3.05) is 55.7 Å². The predicted octanol–water partition coefficient (Wildman–Crippen LogP) is 1.71. The van der Waals surface area contributed by atoms with Crippen LogP contribution in [0.4, 0.5) is 16.3 Å². The molecule has 0 aliphatic carbocycles. The maximum absolute atomic E-state index is 11.5. The van der Waals surface area contributed by atoms with E-state index >= 15 is 0 Å². The lowest BCUT2D eigenvalue weighted by Crippen LogP contribution is -2.53. The summed E-state index contributed by atoms with van der Waals surface area (Å²) in [6.45, 7) is 6.09. The second-order valence-corrected chi connectivity index (χ2v) is 8.17. The van der Waals surface area contributed by atoms with Crippen molar-refractivity contribution >= 4 is 28.6 Å². The highest BCUT2D eigenvalue weighted by atomic mass is 16.5. The lowest BCUT2D eigenvalue weighted by Gasteiger charge is -2.39. The zero-order valence-corrected chi connectivity index (χ0v) is 18.3. The summed E-state index contributed by atoms with van der Waals surface area (Å²) in [6.07, 6.45) is 4.24. The van der Waals surface area contributed by atoms with Gasteiger partial charge in [0, 0.05) is 51.2 Å². The first-order valence-electron chi connectivity index (χ1n) is 10.9. The van der Waals surface area contributed by atoms with E-state index in [-0.39, 0.29) is 6.04 Å². The van der Waals surface area contributed by atoms with Crippen LogP contribution in [0, 0.1) is 11.3 Å². The molecule has 2 saturated heterocycles. The molecule has 1 atom stereocenters. The Morgan fingerprint density at radius 3 is 2.76 bits per heavy atom. The molecule has 3 aromatic rings. The molecule has 5 rings (SSSR count). The number of pyridine rings is 1. The summed E-state index contributed by atoms with van der Waals surface area (Å²) in [5.74, 6) is 1.38. The molecule has 11 heteroatoms. The van der Waals surface area contributed by atoms with Crippen LogP contribution in [0.2, 0.25) is 0 Å². The van der Waals surface area contributed by atoms with E-state index in [0.717, 1.165) is 30.0 Å². The topological polar surface area (TPSA) is 124 Å². The van der Waals surface area contributed by atoms with Crippen LogP contribution in [-0.2, 0) is 4.74 Å². The van der Waals surface area contributed by atoms with Crippen LogP contribution in [-0.4, -0.2) is 87.6 Å². The number of carboxylic acid groups (broad SMARTS) is 1. The molecule has 5 heterocycles. The van der Waals surface area contributed by atoms with Gasteiger partial charge in [-0.05, 0) is 19.1 Å². The lowest BCUT2D eigenvalue weighted by molar-refractivity contribution is 0.123. The van der Waals surface area contributed by atoms with Gasteiger partial charge in [-0.1, -0.05) is 0 Å². The SMILES string of the molecule is C[C@H]1CN(C(=O)O)CCN1c1ncnc2c1c(N1CCOCC1)cn2-c1cc(C#N)ccn1. The van der Waals surface area contributed by atoms with Crippen LogP contribution >= 0.6 is 0 Å². The summed E-state index contributed by atoms with van der Waals surface area (Å²) >= 11 is 0. The number of hydrogen-bond donors (Lipinski definition) is 1. The number of rotatable bonds is 3. The van der Waals surface area contributed by atoms with Crippen LogP contribution in [0.1, 0.15) is 12.5 Å². The Morgan fingerprint density at radius 2 is 2.03 bits per heavy atom. The normalized spacial score (nSPS) is 19.0. The van der Waals surface area contributed by atoms with E-state index in [1.807, 2.05) is 17.7 Å². The molecular formula is C22H24N8O3. The van der Waals surface area contributed by atoms with Gasteiger partial charge in [-0.3, -0.25) is 4.57 Å². The van der Waals surface area contributed by atoms with Crippen molar-refractivity contribution in [3.05, 3.63) is 36.4 Å². The fourth-order valence-electron chi connectivity index (χ4n) is 4.53. The van der Waals surface area contributed by atoms with Gasteiger partial charge in [-0.25, -0.2) is 19.7 Å². The molecule has 2 fully saturated rings. The monoisotopic (exact) mass is 448 g/mol. The summed E-state index contributed by atoms with van der Waals surface area (Å²) in [5, 5.41) is 19.6. The standard InChI is InChI=1S/C22H24N8O3/c1-15-12-28(22(31)32)4-5-29(15)20-19-17(27-6-8-33-9-7-27)13-30(21(19)26-14-25-20)18-10-16(11-23)2-3-24-18/h2-3,10,13-15H,4-9,12H2,1H3,(H,31,32)/t15-/m0/s1. The Hall–Kier alpha value is -3.91. The van der Waals surface area contributed by atoms with Crippen molar-refractivity contribution in [1.29, 1.82) is 5.26 Å². The molecule has 3 aromatic heterocycles. The van der Waals surface area contributed by atoms with Gasteiger partial charge in [-0.2, -0.15) is 5.26 Å². The number of carbonyl (C=O) groups is 1. The molecule has 0 unspecified atom stereocenters. The Morgan fingerprint density at radius 1 is 1.21 bits per heavy atom. The number of morpholine rings is 1. The van der Waals surface area contributed by atoms with Crippen LogP contribution in [0.3, 0.4) is 0 Å². The van der Waals surface area contributed by atoms with E-state index < -0.39 is 6.09 Å². The Kier molecular flexibility index (Phi) is 5.43. The van der Waals surface area contributed by atoms with E-state index in [0.29, 0.717) is 49.9 Å². The van der Waals surface area contributed by atoms with Crippen molar-refractivity contribution in [3.63, 3.8) is 0 Å². The number of nitrogens with zero attached hydrogens (tertiary/aromatic N) is 8. The quantitative estimate of drug-likeness (QED) is 0.638. The average molecular weight is 448 g/mol. The maximum atomic E-state index is 11.5. The third-order valence-electron chi connectivity index (χ3n) is 6.19. The van der Waals surface area contributed by atoms with Gasteiger partial charge in [0.15, 0.2) is 5.65 Å². The first-order valence-corrected chi connectivity index (χ1v) is 10.9. The number of nitriles is 1. The van der Waals surface area contributed by atoms with Crippen molar-refractivity contribution in [2.24, 2.45) is 0 Å². The first kappa shape index (κ1) is 21.0. The van der Waals surface area contributed by atoms with Crippen molar-refractivity contribution in [2.45, 2.75) is 13.0 Å². The van der Waals surface area contributed by atoms with E-state index in [1.54, 1.807) is 18.3 Å². The maximum Gasteiger partial charge on any atom is 0.407 e. The van der Waals surface area contributed by atoms with E-state index in [9.17, 15) is 15.2 Å². The number of fused-ring (bicyclic) bond motifs is 1. The van der Waals surface area contributed by atoms with Gasteiger partial charge in [-0.15, -0.1) is 0 Å². The first-order chi connectivity index (χ1) is 16.1. The summed E-state index contributed by atoms with van der Waals surface area (Å²) in [4.78, 5) is 31.0. The second-order valence-electron chi connectivity index (χ2n) is 8.17. The lowest BCUT2D eigenvalue weighted by atomic mass is 10.1. The van der Waals surface area contributed by atoms with Crippen molar-refractivity contribution in [1.82, 2.24) is 24.4 Å². The van der Waals surface area contributed by atoms with Crippen LogP contribution in [0.15, 0.2) is 30.9 Å². The van der Waals surface area contributed by atoms with E-state index in [2.05, 4.69) is 30.8 Å². The highest BCUT2D eigenvalue weighted by Gasteiger charge is 2.31. The molecule has 0 saturated carbocycles. The number of piperazine rings is 1. The van der Waals surface area contributed by atoms with Gasteiger partial charge in [0.05, 0.1) is 35.9 Å². The fraction of sp³-hybridized carbons (Fsp3) is 0.409. The number of aromatic nitrogens is 4. The third kappa shape index (κ3) is 3.78. The molecular weight excluding hydrogens is 424 g/mol. The minimum atomic E-state index is -0.905. The molecule has 11 nitrogen and oxygen atoms in total. The highest BCUT2D eigenvalue weighted by molar-refractivity contribution is 6.00. The van der Waals surface area contributed by atoms with Crippen LogP contribution < -0.4 is 9.80 Å². The molecule has 1 amide bonds. The summed E-state index contributed by atoms with van der Waals surface area (Å²) in [5.41, 5.74) is 2.18. The van der Waals surface area contributed by atoms with E-state index in [4.69, 9.17) is 4.74 Å². The molecule has 33 heavy (non-hydrogen) atoms. The zero-order valence-electron chi connectivity index (χ0n) is 18.3. The van der Waals surface area contributed by atoms with Crippen LogP contribution in [0.5, 0.6) is 0 Å². The number of anilines is 2. The summed E-state index contributed by atoms with van der Waals surface area (Å²) < 4.78 is 7.45. The summed E-state index contributed by atoms with van der Waals surface area (Å²) in [7, 11) is 0. The zero-order chi connectivity index (χ0) is 22.9. The minimum absolute atomic E-state index is 0.0473. The summed E-state index contributed by atoms with van der Waals surface area (Å²) in [6, 6.07) is 5.52. The number of hydrogen-bond acceptors (Lipinski definition) is 8. The number of amides is 1. The van der Waals surface area contributed by atoms with Gasteiger partial charge in [0.25, 0.3) is 0 Å². The van der Waals surface area contributed by atoms with Gasteiger partial charge in [0.2, 0.25) is 0 Å². The molecule has 0 radical (unpaired) electrons. The second kappa shape index (κ2) is 8.55. The minimum Gasteiger partial charge on any atom is -0.465 e. The smallest absolute Gasteiger partial charge is 0.407 e. The van der Waals surface area contributed by atoms with Gasteiger partial charge >= 0.3 is 6.09 Å². The molecule has 0 spiro atoms. The number of ether oxygens (including phenoxy) is 1. The molecule has 0 aromatic carbocycles. The van der Waals surface area contributed by atoms with Crippen LogP contribution in [0.25, 0.3) is 16.9 Å². The van der Waals surface area contributed by atoms with Crippen molar-refractivity contribution in [3.8, 4) is 11.9 Å². The van der Waals surface area contributed by atoms with Crippen molar-refractivity contribution < 1.29 is 14.6 Å². The molecule has 2 aliphatic rings.